The fourth-order valence-corrected chi connectivity index (χ4v) is 6.46. The smallest absolute Gasteiger partial charge is 0.255 e. The third kappa shape index (κ3) is 4.97. The minimum Gasteiger partial charge on any atom is -0.350 e. The number of likely N-dealkylation sites (tertiary alicyclic amines) is 1. The number of carbonyl (C=O) groups is 3. The van der Waals surface area contributed by atoms with Crippen molar-refractivity contribution < 1.29 is 14.4 Å². The Labute approximate surface area is 227 Å². The van der Waals surface area contributed by atoms with Crippen LogP contribution in [0.15, 0.2) is 54.0 Å². The highest BCUT2D eigenvalue weighted by atomic mass is 32.1. The lowest BCUT2D eigenvalue weighted by atomic mass is 10.0. The van der Waals surface area contributed by atoms with Crippen LogP contribution in [0, 0.1) is 18.8 Å². The van der Waals surface area contributed by atoms with E-state index in [-0.39, 0.29) is 29.6 Å². The standard InChI is InChI=1S/C30H34N4O3S/c1-18(2)26(34-16-23-7-5-6-8-24(23)29(34)36)30(37)33-15-19(3)13-25(33)28(35)31-14-21-9-11-22(12-10-21)27-20(4)32-17-38-27/h5-12,17-19,25-26H,13-16H2,1-4H3,(H,31,35). The molecule has 1 N–H and O–H groups in total. The van der Waals surface area contributed by atoms with Crippen molar-refractivity contribution in [3.05, 3.63) is 76.4 Å². The van der Waals surface area contributed by atoms with Crippen molar-refractivity contribution in [2.24, 2.45) is 11.8 Å². The first-order valence-corrected chi connectivity index (χ1v) is 14.1. The Morgan fingerprint density at radius 3 is 2.53 bits per heavy atom. The van der Waals surface area contributed by atoms with E-state index in [4.69, 9.17) is 0 Å². The second-order valence-electron chi connectivity index (χ2n) is 10.8. The Morgan fingerprint density at radius 1 is 1.13 bits per heavy atom. The SMILES string of the molecule is Cc1ncsc1-c1ccc(CNC(=O)C2CC(C)CN2C(=O)C(C(C)C)N2Cc3ccccc3C2=O)cc1. The average molecular weight is 531 g/mol. The molecule has 2 aliphatic heterocycles. The highest BCUT2D eigenvalue weighted by Crippen LogP contribution is 2.31. The molecule has 1 fully saturated rings. The van der Waals surface area contributed by atoms with Gasteiger partial charge in [-0.3, -0.25) is 14.4 Å². The van der Waals surface area contributed by atoms with Crippen molar-refractivity contribution in [3.63, 3.8) is 0 Å². The molecule has 0 spiro atoms. The molecular formula is C30H34N4O3S. The Bertz CT molecular complexity index is 1350. The number of thiazole rings is 1. The zero-order chi connectivity index (χ0) is 27.0. The molecule has 3 aromatic rings. The number of hydrogen-bond donors (Lipinski definition) is 1. The van der Waals surface area contributed by atoms with E-state index >= 15 is 0 Å². The molecule has 2 aromatic carbocycles. The van der Waals surface area contributed by atoms with Crippen LogP contribution in [0.2, 0.25) is 0 Å². The lowest BCUT2D eigenvalue weighted by Crippen LogP contribution is -2.55. The number of fused-ring (bicyclic) bond motifs is 1. The number of nitrogens with one attached hydrogen (secondary N) is 1. The van der Waals surface area contributed by atoms with E-state index in [0.29, 0.717) is 31.6 Å². The molecule has 1 aromatic heterocycles. The molecule has 2 aliphatic rings. The third-order valence-corrected chi connectivity index (χ3v) is 8.57. The minimum absolute atomic E-state index is 0.0823. The number of nitrogens with zero attached hydrogens (tertiary/aromatic N) is 3. The summed E-state index contributed by atoms with van der Waals surface area (Å²) in [5, 5.41) is 3.05. The summed E-state index contributed by atoms with van der Waals surface area (Å²) in [6, 6.07) is 14.5. The molecule has 0 radical (unpaired) electrons. The van der Waals surface area contributed by atoms with Crippen molar-refractivity contribution in [1.29, 1.82) is 0 Å². The van der Waals surface area contributed by atoms with Crippen LogP contribution in [0.1, 0.15) is 54.4 Å². The van der Waals surface area contributed by atoms with Gasteiger partial charge in [0, 0.05) is 25.2 Å². The maximum Gasteiger partial charge on any atom is 0.255 e. The molecule has 3 atom stereocenters. The summed E-state index contributed by atoms with van der Waals surface area (Å²) in [6.07, 6.45) is 0.611. The molecule has 38 heavy (non-hydrogen) atoms. The molecule has 8 heteroatoms. The molecule has 5 rings (SSSR count). The quantitative estimate of drug-likeness (QED) is 0.482. The lowest BCUT2D eigenvalue weighted by Gasteiger charge is -2.35. The number of aryl methyl sites for hydroxylation is 1. The van der Waals surface area contributed by atoms with Crippen LogP contribution in [0.4, 0.5) is 0 Å². The van der Waals surface area contributed by atoms with Gasteiger partial charge in [0.05, 0.1) is 16.1 Å². The van der Waals surface area contributed by atoms with E-state index in [1.54, 1.807) is 21.1 Å². The second-order valence-corrected chi connectivity index (χ2v) is 11.7. The van der Waals surface area contributed by atoms with Gasteiger partial charge >= 0.3 is 0 Å². The van der Waals surface area contributed by atoms with E-state index in [9.17, 15) is 14.4 Å². The van der Waals surface area contributed by atoms with Gasteiger partial charge in [-0.2, -0.15) is 0 Å². The zero-order valence-electron chi connectivity index (χ0n) is 22.3. The number of benzene rings is 2. The minimum atomic E-state index is -0.613. The summed E-state index contributed by atoms with van der Waals surface area (Å²) < 4.78 is 0. The summed E-state index contributed by atoms with van der Waals surface area (Å²) >= 11 is 1.61. The Hall–Kier alpha value is -3.52. The summed E-state index contributed by atoms with van der Waals surface area (Å²) in [7, 11) is 0. The zero-order valence-corrected chi connectivity index (χ0v) is 23.1. The van der Waals surface area contributed by atoms with E-state index in [0.717, 1.165) is 27.3 Å². The highest BCUT2D eigenvalue weighted by Gasteiger charge is 2.45. The maximum atomic E-state index is 13.9. The van der Waals surface area contributed by atoms with Crippen LogP contribution < -0.4 is 5.32 Å². The number of hydrogen-bond acceptors (Lipinski definition) is 5. The molecule has 0 saturated carbocycles. The first-order valence-electron chi connectivity index (χ1n) is 13.2. The van der Waals surface area contributed by atoms with Gasteiger partial charge in [-0.25, -0.2) is 4.98 Å². The lowest BCUT2D eigenvalue weighted by molar-refractivity contribution is -0.143. The first-order chi connectivity index (χ1) is 18.2. The van der Waals surface area contributed by atoms with Crippen LogP contribution in [0.25, 0.3) is 10.4 Å². The summed E-state index contributed by atoms with van der Waals surface area (Å²) in [6.45, 7) is 9.31. The molecule has 7 nitrogen and oxygen atoms in total. The van der Waals surface area contributed by atoms with E-state index < -0.39 is 12.1 Å². The number of amides is 3. The summed E-state index contributed by atoms with van der Waals surface area (Å²) in [4.78, 5) is 49.3. The predicted octanol–water partition coefficient (Wildman–Crippen LogP) is 4.65. The molecule has 3 heterocycles. The Kier molecular flexibility index (Phi) is 7.34. The van der Waals surface area contributed by atoms with E-state index in [2.05, 4.69) is 17.2 Å². The van der Waals surface area contributed by atoms with Gasteiger partial charge in [-0.15, -0.1) is 11.3 Å². The highest BCUT2D eigenvalue weighted by molar-refractivity contribution is 7.13. The average Bonchev–Trinajstić information content (AvgIpc) is 3.60. The summed E-state index contributed by atoms with van der Waals surface area (Å²) in [5.74, 6) is -0.284. The third-order valence-electron chi connectivity index (χ3n) is 7.59. The van der Waals surface area contributed by atoms with Gasteiger partial charge in [0.15, 0.2) is 0 Å². The van der Waals surface area contributed by atoms with E-state index in [1.165, 1.54) is 0 Å². The largest absolute Gasteiger partial charge is 0.350 e. The number of aromatic nitrogens is 1. The maximum absolute atomic E-state index is 13.9. The molecule has 0 bridgehead atoms. The van der Waals surface area contributed by atoms with Gasteiger partial charge in [0.25, 0.3) is 5.91 Å². The van der Waals surface area contributed by atoms with Crippen LogP contribution >= 0.6 is 11.3 Å². The molecule has 3 unspecified atom stereocenters. The molecule has 0 aliphatic carbocycles. The van der Waals surface area contributed by atoms with E-state index in [1.807, 2.05) is 74.8 Å². The van der Waals surface area contributed by atoms with Crippen molar-refractivity contribution >= 4 is 29.1 Å². The van der Waals surface area contributed by atoms with Crippen molar-refractivity contribution in [3.8, 4) is 10.4 Å². The van der Waals surface area contributed by atoms with Crippen molar-refractivity contribution in [2.75, 3.05) is 6.54 Å². The first kappa shape index (κ1) is 26.1. The van der Waals surface area contributed by atoms with Gasteiger partial charge < -0.3 is 15.1 Å². The fourth-order valence-electron chi connectivity index (χ4n) is 5.65. The van der Waals surface area contributed by atoms with Gasteiger partial charge in [0.2, 0.25) is 11.8 Å². The van der Waals surface area contributed by atoms with Crippen molar-refractivity contribution in [2.45, 2.75) is 59.3 Å². The van der Waals surface area contributed by atoms with Gasteiger partial charge in [0.1, 0.15) is 12.1 Å². The van der Waals surface area contributed by atoms with Gasteiger partial charge in [-0.1, -0.05) is 63.2 Å². The summed E-state index contributed by atoms with van der Waals surface area (Å²) in [5.41, 5.74) is 6.56. The Morgan fingerprint density at radius 2 is 1.87 bits per heavy atom. The topological polar surface area (TPSA) is 82.6 Å². The predicted molar refractivity (Wildman–Crippen MR) is 148 cm³/mol. The normalized spacial score (nSPS) is 19.7. The molecule has 1 saturated heterocycles. The molecular weight excluding hydrogens is 496 g/mol. The van der Waals surface area contributed by atoms with Crippen LogP contribution in [0.5, 0.6) is 0 Å². The van der Waals surface area contributed by atoms with Gasteiger partial charge in [-0.05, 0) is 47.9 Å². The second kappa shape index (κ2) is 10.7. The van der Waals surface area contributed by atoms with Crippen LogP contribution in [-0.4, -0.2) is 51.1 Å². The van der Waals surface area contributed by atoms with Crippen molar-refractivity contribution in [1.82, 2.24) is 20.1 Å². The van der Waals surface area contributed by atoms with Crippen LogP contribution in [-0.2, 0) is 22.7 Å². The molecule has 3 amide bonds. The number of rotatable bonds is 7. The molecule has 198 valence electrons. The Balaban J connectivity index is 1.27. The monoisotopic (exact) mass is 530 g/mol. The fraction of sp³-hybridized carbons (Fsp3) is 0.400. The number of carbonyl (C=O) groups excluding carboxylic acids is 3. The van der Waals surface area contributed by atoms with Crippen LogP contribution in [0.3, 0.4) is 0 Å².